The van der Waals surface area contributed by atoms with Gasteiger partial charge in [0.2, 0.25) is 0 Å². The summed E-state index contributed by atoms with van der Waals surface area (Å²) in [5, 5.41) is 20.6. The third-order valence-electron chi connectivity index (χ3n) is 5.59. The van der Waals surface area contributed by atoms with Gasteiger partial charge in [-0.25, -0.2) is 0 Å². The molecular formula is C22H38O5. The maximum absolute atomic E-state index is 12.2. The highest BCUT2D eigenvalue weighted by atomic mass is 16.5. The maximum Gasteiger partial charge on any atom is 0.305 e. The second kappa shape index (κ2) is 12.3. The molecule has 4 atom stereocenters. The SMILES string of the molecule is CCCC[C@@](C)(O)C/C=C/[C@H]1C(O)CC(=O)C1CCCCCCC(=O)OC. The fourth-order valence-electron chi connectivity index (χ4n) is 3.82. The molecule has 1 fully saturated rings. The zero-order valence-corrected chi connectivity index (χ0v) is 17.3. The van der Waals surface area contributed by atoms with Gasteiger partial charge in [0.15, 0.2) is 0 Å². The van der Waals surface area contributed by atoms with E-state index in [1.165, 1.54) is 7.11 Å². The Bertz CT molecular complexity index is 483. The van der Waals surface area contributed by atoms with Gasteiger partial charge in [-0.05, 0) is 32.6 Å². The largest absolute Gasteiger partial charge is 0.469 e. The van der Waals surface area contributed by atoms with Crippen molar-refractivity contribution in [3.63, 3.8) is 0 Å². The summed E-state index contributed by atoms with van der Waals surface area (Å²) >= 11 is 0. The second-order valence-corrected chi connectivity index (χ2v) is 8.18. The number of aliphatic hydroxyl groups excluding tert-OH is 1. The number of carbonyl (C=O) groups excluding carboxylic acids is 2. The highest BCUT2D eigenvalue weighted by molar-refractivity contribution is 5.84. The van der Waals surface area contributed by atoms with Gasteiger partial charge < -0.3 is 14.9 Å². The van der Waals surface area contributed by atoms with Crippen LogP contribution in [0.25, 0.3) is 0 Å². The number of rotatable bonds is 13. The Kier molecular flexibility index (Phi) is 10.9. The van der Waals surface area contributed by atoms with Crippen LogP contribution in [0.3, 0.4) is 0 Å². The predicted molar refractivity (Wildman–Crippen MR) is 106 cm³/mol. The van der Waals surface area contributed by atoms with Crippen molar-refractivity contribution in [3.8, 4) is 0 Å². The summed E-state index contributed by atoms with van der Waals surface area (Å²) in [5.74, 6) is -0.305. The summed E-state index contributed by atoms with van der Waals surface area (Å²) in [4.78, 5) is 23.3. The molecule has 0 bridgehead atoms. The first kappa shape index (κ1) is 23.8. The Hall–Kier alpha value is -1.20. The van der Waals surface area contributed by atoms with Crippen LogP contribution in [0.15, 0.2) is 12.2 Å². The van der Waals surface area contributed by atoms with E-state index in [9.17, 15) is 19.8 Å². The molecule has 2 N–H and O–H groups in total. The van der Waals surface area contributed by atoms with Crippen LogP contribution in [0.2, 0.25) is 0 Å². The Morgan fingerprint density at radius 2 is 1.96 bits per heavy atom. The van der Waals surface area contributed by atoms with Crippen LogP contribution in [0.4, 0.5) is 0 Å². The van der Waals surface area contributed by atoms with Gasteiger partial charge in [0, 0.05) is 24.7 Å². The zero-order chi connectivity index (χ0) is 20.3. The minimum absolute atomic E-state index is 0.127. The number of unbranched alkanes of at least 4 members (excludes halogenated alkanes) is 4. The van der Waals surface area contributed by atoms with Crippen molar-refractivity contribution < 1.29 is 24.5 Å². The van der Waals surface area contributed by atoms with Gasteiger partial charge in [-0.1, -0.05) is 51.2 Å². The molecule has 27 heavy (non-hydrogen) atoms. The van der Waals surface area contributed by atoms with Gasteiger partial charge >= 0.3 is 5.97 Å². The van der Waals surface area contributed by atoms with Crippen LogP contribution in [-0.4, -0.2) is 40.8 Å². The van der Waals surface area contributed by atoms with E-state index in [0.717, 1.165) is 51.4 Å². The summed E-state index contributed by atoms with van der Waals surface area (Å²) in [6, 6.07) is 0. The average molecular weight is 383 g/mol. The van der Waals surface area contributed by atoms with E-state index >= 15 is 0 Å². The molecule has 1 rings (SSSR count). The Balaban J connectivity index is 2.42. The van der Waals surface area contributed by atoms with Crippen molar-refractivity contribution in [3.05, 3.63) is 12.2 Å². The van der Waals surface area contributed by atoms with Crippen LogP contribution in [0, 0.1) is 11.8 Å². The summed E-state index contributed by atoms with van der Waals surface area (Å²) in [7, 11) is 1.40. The van der Waals surface area contributed by atoms with Crippen LogP contribution < -0.4 is 0 Å². The van der Waals surface area contributed by atoms with Gasteiger partial charge in [0.25, 0.3) is 0 Å². The molecule has 1 aliphatic rings. The molecule has 156 valence electrons. The zero-order valence-electron chi connectivity index (χ0n) is 17.3. The number of hydrogen-bond acceptors (Lipinski definition) is 5. The second-order valence-electron chi connectivity index (χ2n) is 8.18. The van der Waals surface area contributed by atoms with Gasteiger partial charge in [-0.15, -0.1) is 0 Å². The van der Waals surface area contributed by atoms with Crippen LogP contribution in [0.1, 0.15) is 84.5 Å². The van der Waals surface area contributed by atoms with E-state index < -0.39 is 11.7 Å². The topological polar surface area (TPSA) is 83.8 Å². The smallest absolute Gasteiger partial charge is 0.305 e. The molecule has 1 aliphatic carbocycles. The van der Waals surface area contributed by atoms with E-state index in [1.54, 1.807) is 0 Å². The number of Topliss-reactive ketones (excluding diaryl/α,β-unsaturated/α-hetero) is 1. The molecule has 0 aromatic carbocycles. The van der Waals surface area contributed by atoms with Crippen molar-refractivity contribution in [2.75, 3.05) is 7.11 Å². The lowest BCUT2D eigenvalue weighted by molar-refractivity contribution is -0.140. The molecule has 0 aromatic heterocycles. The number of carbonyl (C=O) groups is 2. The predicted octanol–water partition coefficient (Wildman–Crippen LogP) is 3.95. The van der Waals surface area contributed by atoms with Gasteiger partial charge in [0.1, 0.15) is 5.78 Å². The first-order chi connectivity index (χ1) is 12.8. The van der Waals surface area contributed by atoms with E-state index in [0.29, 0.717) is 12.8 Å². The van der Waals surface area contributed by atoms with E-state index in [2.05, 4.69) is 11.7 Å². The van der Waals surface area contributed by atoms with Crippen molar-refractivity contribution in [2.45, 2.75) is 96.2 Å². The first-order valence-electron chi connectivity index (χ1n) is 10.5. The molecule has 0 heterocycles. The van der Waals surface area contributed by atoms with E-state index in [4.69, 9.17) is 0 Å². The first-order valence-corrected chi connectivity index (χ1v) is 10.5. The highest BCUT2D eigenvalue weighted by Gasteiger charge is 2.39. The summed E-state index contributed by atoms with van der Waals surface area (Å²) in [6.07, 6.45) is 11.7. The molecule has 0 saturated heterocycles. The Morgan fingerprint density at radius 1 is 1.26 bits per heavy atom. The Morgan fingerprint density at radius 3 is 2.63 bits per heavy atom. The number of ketones is 1. The number of hydrogen-bond donors (Lipinski definition) is 2. The third kappa shape index (κ3) is 9.02. The van der Waals surface area contributed by atoms with E-state index in [-0.39, 0.29) is 30.0 Å². The highest BCUT2D eigenvalue weighted by Crippen LogP contribution is 2.34. The third-order valence-corrected chi connectivity index (χ3v) is 5.59. The lowest BCUT2D eigenvalue weighted by atomic mass is 9.87. The van der Waals surface area contributed by atoms with Crippen molar-refractivity contribution in [1.82, 2.24) is 0 Å². The number of esters is 1. The molecule has 0 aromatic rings. The Labute approximate surface area is 164 Å². The molecule has 0 radical (unpaired) electrons. The van der Waals surface area contributed by atoms with Crippen LogP contribution in [-0.2, 0) is 14.3 Å². The summed E-state index contributed by atoms with van der Waals surface area (Å²) in [5.41, 5.74) is -0.727. The van der Waals surface area contributed by atoms with Crippen LogP contribution in [0.5, 0.6) is 0 Å². The van der Waals surface area contributed by atoms with Crippen molar-refractivity contribution in [1.29, 1.82) is 0 Å². The van der Waals surface area contributed by atoms with E-state index in [1.807, 2.05) is 19.1 Å². The van der Waals surface area contributed by atoms with Crippen molar-refractivity contribution in [2.24, 2.45) is 11.8 Å². The standard InChI is InChI=1S/C22H38O5/c1-4-5-14-22(2,26)15-10-12-18-17(19(23)16-20(18)24)11-8-6-7-9-13-21(25)27-3/h10,12,17-18,20,24,26H,4-9,11,13-16H2,1-3H3/b12-10+/t17?,18-,20?,22-/m1/s1. The average Bonchev–Trinajstić information content (AvgIpc) is 2.89. The summed E-state index contributed by atoms with van der Waals surface area (Å²) in [6.45, 7) is 3.95. The lowest BCUT2D eigenvalue weighted by Crippen LogP contribution is -2.23. The molecule has 2 unspecified atom stereocenters. The van der Waals surface area contributed by atoms with Gasteiger partial charge in [-0.2, -0.15) is 0 Å². The van der Waals surface area contributed by atoms with Crippen LogP contribution >= 0.6 is 0 Å². The minimum Gasteiger partial charge on any atom is -0.469 e. The lowest BCUT2D eigenvalue weighted by Gasteiger charge is -2.22. The number of methoxy groups -OCH3 is 1. The number of aliphatic hydroxyl groups is 2. The molecule has 0 aliphatic heterocycles. The molecular weight excluding hydrogens is 344 g/mol. The molecule has 1 saturated carbocycles. The minimum atomic E-state index is -0.727. The number of ether oxygens (including phenoxy) is 1. The molecule has 0 amide bonds. The van der Waals surface area contributed by atoms with Gasteiger partial charge in [0.05, 0.1) is 18.8 Å². The molecule has 5 heteroatoms. The fraction of sp³-hybridized carbons (Fsp3) is 0.818. The monoisotopic (exact) mass is 382 g/mol. The summed E-state index contributed by atoms with van der Waals surface area (Å²) < 4.78 is 4.62. The normalized spacial score (nSPS) is 25.1. The quantitative estimate of drug-likeness (QED) is 0.286. The maximum atomic E-state index is 12.2. The fourth-order valence-corrected chi connectivity index (χ4v) is 3.82. The van der Waals surface area contributed by atoms with Gasteiger partial charge in [-0.3, -0.25) is 9.59 Å². The van der Waals surface area contributed by atoms with Crippen molar-refractivity contribution >= 4 is 11.8 Å². The molecule has 0 spiro atoms. The molecule has 5 nitrogen and oxygen atoms in total.